The van der Waals surface area contributed by atoms with Crippen molar-refractivity contribution in [3.05, 3.63) is 0 Å². The lowest BCUT2D eigenvalue weighted by Crippen LogP contribution is -2.38. The number of carbonyl (C=O) groups excluding carboxylic acids is 1. The molecule has 0 aromatic carbocycles. The van der Waals surface area contributed by atoms with Crippen molar-refractivity contribution in [1.29, 1.82) is 0 Å². The molecule has 0 aliphatic heterocycles. The first-order chi connectivity index (χ1) is 10.8. The van der Waals surface area contributed by atoms with Gasteiger partial charge in [0, 0.05) is 45.7 Å². The molecule has 0 aromatic rings. The lowest BCUT2D eigenvalue weighted by Gasteiger charge is -2.26. The van der Waals surface area contributed by atoms with Gasteiger partial charge in [0.1, 0.15) is 6.29 Å². The Hall–Kier alpha value is -2.00. The van der Waals surface area contributed by atoms with Crippen LogP contribution in [0.3, 0.4) is 0 Å². The zero-order valence-corrected chi connectivity index (χ0v) is 13.0. The summed E-state index contributed by atoms with van der Waals surface area (Å²) >= 11 is 0. The number of carbonyl (C=O) groups is 4. The summed E-state index contributed by atoms with van der Waals surface area (Å²) in [5.74, 6) is -2.86. The van der Waals surface area contributed by atoms with Crippen molar-refractivity contribution >= 4 is 24.2 Å². The van der Waals surface area contributed by atoms with E-state index in [4.69, 9.17) is 15.3 Å². The molecule has 9 heteroatoms. The van der Waals surface area contributed by atoms with E-state index in [1.54, 1.807) is 9.80 Å². The number of hydrogen-bond donors (Lipinski definition) is 3. The number of nitrogens with zero attached hydrogens (tertiary/aromatic N) is 2. The SMILES string of the molecule is O=CCCN(CCC(=O)O)CCN(CCC(=O)O)CCC(=O)O. The maximum Gasteiger partial charge on any atom is 0.304 e. The van der Waals surface area contributed by atoms with E-state index in [0.717, 1.165) is 6.29 Å². The van der Waals surface area contributed by atoms with Crippen LogP contribution >= 0.6 is 0 Å². The summed E-state index contributed by atoms with van der Waals surface area (Å²) in [6, 6.07) is 0. The first-order valence-corrected chi connectivity index (χ1v) is 7.39. The van der Waals surface area contributed by atoms with Crippen LogP contribution in [-0.4, -0.2) is 88.6 Å². The molecule has 0 unspecified atom stereocenters. The highest BCUT2D eigenvalue weighted by Crippen LogP contribution is 1.99. The zero-order valence-electron chi connectivity index (χ0n) is 13.0. The van der Waals surface area contributed by atoms with Gasteiger partial charge in [-0.1, -0.05) is 0 Å². The van der Waals surface area contributed by atoms with Gasteiger partial charge in [-0.3, -0.25) is 14.4 Å². The molecule has 132 valence electrons. The van der Waals surface area contributed by atoms with Gasteiger partial charge < -0.3 is 29.9 Å². The summed E-state index contributed by atoms with van der Waals surface area (Å²) in [6.07, 6.45) is 0.791. The maximum absolute atomic E-state index is 10.6. The zero-order chi connectivity index (χ0) is 17.7. The number of rotatable bonds is 15. The molecule has 0 atom stereocenters. The fraction of sp³-hybridized carbons (Fsp3) is 0.714. The molecule has 0 saturated heterocycles. The first-order valence-electron chi connectivity index (χ1n) is 7.39. The monoisotopic (exact) mass is 332 g/mol. The van der Waals surface area contributed by atoms with Gasteiger partial charge >= 0.3 is 17.9 Å². The second-order valence-electron chi connectivity index (χ2n) is 5.07. The first kappa shape index (κ1) is 21.0. The van der Waals surface area contributed by atoms with Crippen LogP contribution in [0.4, 0.5) is 0 Å². The molecular weight excluding hydrogens is 308 g/mol. The molecule has 3 N–H and O–H groups in total. The maximum atomic E-state index is 10.6. The summed E-state index contributed by atoms with van der Waals surface area (Å²) in [7, 11) is 0. The fourth-order valence-corrected chi connectivity index (χ4v) is 1.95. The van der Waals surface area contributed by atoms with Crippen molar-refractivity contribution in [3.63, 3.8) is 0 Å². The Morgan fingerprint density at radius 3 is 1.30 bits per heavy atom. The molecular formula is C14H24N2O7. The second-order valence-corrected chi connectivity index (χ2v) is 5.07. The number of carboxylic acid groups (broad SMARTS) is 3. The Bertz CT molecular complexity index is 383. The third-order valence-electron chi connectivity index (χ3n) is 3.22. The second kappa shape index (κ2) is 12.5. The van der Waals surface area contributed by atoms with Crippen LogP contribution in [0, 0.1) is 0 Å². The molecule has 0 heterocycles. The minimum absolute atomic E-state index is 0.0525. The van der Waals surface area contributed by atoms with Crippen molar-refractivity contribution in [2.24, 2.45) is 0 Å². The quantitative estimate of drug-likeness (QED) is 0.342. The van der Waals surface area contributed by atoms with E-state index >= 15 is 0 Å². The van der Waals surface area contributed by atoms with Gasteiger partial charge in [-0.05, 0) is 0 Å². The van der Waals surface area contributed by atoms with E-state index in [-0.39, 0.29) is 45.3 Å². The Kier molecular flexibility index (Phi) is 11.4. The highest BCUT2D eigenvalue weighted by Gasteiger charge is 2.13. The number of aldehydes is 1. The van der Waals surface area contributed by atoms with Crippen molar-refractivity contribution in [2.45, 2.75) is 25.7 Å². The van der Waals surface area contributed by atoms with E-state index in [0.29, 0.717) is 19.6 Å². The third kappa shape index (κ3) is 13.4. The van der Waals surface area contributed by atoms with Crippen molar-refractivity contribution < 1.29 is 34.5 Å². The molecule has 0 aliphatic rings. The average Bonchev–Trinajstić information content (AvgIpc) is 2.47. The summed E-state index contributed by atoms with van der Waals surface area (Å²) in [6.45, 7) is 2.02. The minimum Gasteiger partial charge on any atom is -0.481 e. The summed E-state index contributed by atoms with van der Waals surface area (Å²) < 4.78 is 0. The van der Waals surface area contributed by atoms with Crippen molar-refractivity contribution in [2.75, 3.05) is 39.3 Å². The van der Waals surface area contributed by atoms with E-state index in [9.17, 15) is 19.2 Å². The van der Waals surface area contributed by atoms with E-state index in [1.807, 2.05) is 0 Å². The van der Waals surface area contributed by atoms with Gasteiger partial charge in [-0.2, -0.15) is 0 Å². The molecule has 9 nitrogen and oxygen atoms in total. The van der Waals surface area contributed by atoms with E-state index in [2.05, 4.69) is 0 Å². The van der Waals surface area contributed by atoms with Crippen LogP contribution in [0.25, 0.3) is 0 Å². The minimum atomic E-state index is -0.964. The standard InChI is InChI=1S/C14H24N2O7/c17-11-1-5-15(6-2-12(18)19)9-10-16(7-3-13(20)21)8-4-14(22)23/h11H,1-10H2,(H,18,19)(H,20,21)(H,22,23). The lowest BCUT2D eigenvalue weighted by atomic mass is 10.3. The molecule has 0 spiro atoms. The predicted octanol–water partition coefficient (Wildman–Crippen LogP) is -0.396. The van der Waals surface area contributed by atoms with Gasteiger partial charge in [0.05, 0.1) is 19.3 Å². The Morgan fingerprint density at radius 2 is 1.00 bits per heavy atom. The van der Waals surface area contributed by atoms with Crippen LogP contribution in [0.1, 0.15) is 25.7 Å². The molecule has 0 aliphatic carbocycles. The van der Waals surface area contributed by atoms with Crippen LogP contribution in [0.2, 0.25) is 0 Å². The highest BCUT2D eigenvalue weighted by atomic mass is 16.4. The Balaban J connectivity index is 4.44. The molecule has 0 saturated carbocycles. The van der Waals surface area contributed by atoms with E-state index < -0.39 is 17.9 Å². The molecule has 0 radical (unpaired) electrons. The smallest absolute Gasteiger partial charge is 0.304 e. The summed E-state index contributed by atoms with van der Waals surface area (Å²) in [4.78, 5) is 45.9. The van der Waals surface area contributed by atoms with Gasteiger partial charge in [0.25, 0.3) is 0 Å². The topological polar surface area (TPSA) is 135 Å². The molecule has 0 aromatic heterocycles. The van der Waals surface area contributed by atoms with Crippen molar-refractivity contribution in [3.8, 4) is 0 Å². The number of aliphatic carboxylic acids is 3. The van der Waals surface area contributed by atoms with Gasteiger partial charge in [-0.25, -0.2) is 0 Å². The predicted molar refractivity (Wildman–Crippen MR) is 80.3 cm³/mol. The number of hydrogen-bond acceptors (Lipinski definition) is 6. The van der Waals surface area contributed by atoms with Gasteiger partial charge in [0.2, 0.25) is 0 Å². The van der Waals surface area contributed by atoms with Gasteiger partial charge in [0.15, 0.2) is 0 Å². The average molecular weight is 332 g/mol. The Labute approximate surface area is 134 Å². The fourth-order valence-electron chi connectivity index (χ4n) is 1.95. The van der Waals surface area contributed by atoms with Gasteiger partial charge in [-0.15, -0.1) is 0 Å². The molecule has 0 rings (SSSR count). The lowest BCUT2D eigenvalue weighted by molar-refractivity contribution is -0.139. The number of carboxylic acids is 3. The van der Waals surface area contributed by atoms with E-state index in [1.165, 1.54) is 0 Å². The van der Waals surface area contributed by atoms with Crippen LogP contribution in [0.5, 0.6) is 0 Å². The summed E-state index contributed by atoms with van der Waals surface area (Å²) in [5.41, 5.74) is 0. The molecule has 0 amide bonds. The van der Waals surface area contributed by atoms with Crippen LogP contribution in [-0.2, 0) is 19.2 Å². The molecule has 0 bridgehead atoms. The normalized spacial score (nSPS) is 10.9. The molecule has 0 fully saturated rings. The van der Waals surface area contributed by atoms with Crippen LogP contribution in [0.15, 0.2) is 0 Å². The largest absolute Gasteiger partial charge is 0.481 e. The highest BCUT2D eigenvalue weighted by molar-refractivity contribution is 5.67. The van der Waals surface area contributed by atoms with Crippen molar-refractivity contribution in [1.82, 2.24) is 9.80 Å². The summed E-state index contributed by atoms with van der Waals surface area (Å²) in [5, 5.41) is 26.2. The molecule has 23 heavy (non-hydrogen) atoms. The third-order valence-corrected chi connectivity index (χ3v) is 3.22. The Morgan fingerprint density at radius 1 is 0.652 bits per heavy atom. The van der Waals surface area contributed by atoms with Crippen LogP contribution < -0.4 is 0 Å².